The van der Waals surface area contributed by atoms with Gasteiger partial charge in [0.15, 0.2) is 0 Å². The predicted molar refractivity (Wildman–Crippen MR) is 550 cm³/mol. The number of carbonyl (C=O) groups excluding carboxylic acids is 13. The molecule has 0 spiro atoms. The van der Waals surface area contributed by atoms with Crippen molar-refractivity contribution >= 4 is 93.4 Å². The van der Waals surface area contributed by atoms with E-state index in [0.29, 0.717) is 18.2 Å². The van der Waals surface area contributed by atoms with Gasteiger partial charge >= 0.3 is 5.63 Å². The van der Waals surface area contributed by atoms with Crippen LogP contribution in [0, 0.1) is 0 Å². The minimum absolute atomic E-state index is 0.0877. The van der Waals surface area contributed by atoms with Crippen molar-refractivity contribution in [2.24, 2.45) is 0 Å². The maximum Gasteiger partial charge on any atom is 0.337 e. The second-order valence-electron chi connectivity index (χ2n) is 47.4. The molecule has 0 atom stereocenters. The van der Waals surface area contributed by atoms with Crippen molar-refractivity contribution in [2.75, 3.05) is 177 Å². The molecule has 2 aliphatic heterocycles. The SMILES string of the molecule is CC(C)(C)NC(=O)CCOCC(COCCC(=O)NC(C)(C)C)(COCCC(=O)NC(C)(C)C)NC(=O)CCOCC(COCCC(=O)NC(COCCC(=O)NC(C)(C)C)(COCCC(=O)NC(C)(C)C)COCCC(=O)NC(C)(C)C)(COCCC(=O)NC(COCCC(=O)NC(C)(C)C)(COCCC(=O)NC(C)(C)C)COCCC(=O)NC(C)(C)C)NC(=O)c1cc(=O)oc2c3c4c(cc12)CCCN4CCC3. The van der Waals surface area contributed by atoms with E-state index in [2.05, 4.69) is 74.0 Å². The van der Waals surface area contributed by atoms with Crippen LogP contribution >= 0.6 is 0 Å². The zero-order valence-corrected chi connectivity index (χ0v) is 92.3. The number of carbonyl (C=O) groups is 13. The van der Waals surface area contributed by atoms with E-state index in [1.54, 1.807) is 0 Å². The first-order valence-corrected chi connectivity index (χ1v) is 50.9. The number of benzene rings is 1. The Kier molecular flexibility index (Phi) is 52.4. The molecule has 0 radical (unpaired) electrons. The molecule has 41 nitrogen and oxygen atoms in total. The molecule has 3 heterocycles. The molecular weight excluding hydrogens is 1880 g/mol. The van der Waals surface area contributed by atoms with Crippen LogP contribution in [0.4, 0.5) is 5.69 Å². The molecule has 13 N–H and O–H groups in total. The van der Waals surface area contributed by atoms with Crippen LogP contribution in [0.2, 0.25) is 0 Å². The van der Waals surface area contributed by atoms with E-state index in [4.69, 9.17) is 61.3 Å². The molecule has 0 unspecified atom stereocenters. The van der Waals surface area contributed by atoms with Crippen LogP contribution in [0.3, 0.4) is 0 Å². The van der Waals surface area contributed by atoms with Crippen molar-refractivity contribution in [3.05, 3.63) is 39.2 Å². The number of ether oxygens (including phenoxy) is 12. The maximum absolute atomic E-state index is 16.1. The van der Waals surface area contributed by atoms with E-state index in [1.165, 1.54) is 0 Å². The predicted octanol–water partition coefficient (Wildman–Crippen LogP) is 6.64. The van der Waals surface area contributed by atoms with E-state index >= 15 is 19.2 Å². The van der Waals surface area contributed by atoms with Crippen molar-refractivity contribution in [1.29, 1.82) is 0 Å². The van der Waals surface area contributed by atoms with E-state index in [1.807, 2.05) is 193 Å². The summed E-state index contributed by atoms with van der Waals surface area (Å²) in [7, 11) is 0. The highest BCUT2D eigenvalue weighted by atomic mass is 16.5. The number of fused-ring (bicyclic) bond motifs is 2. The summed E-state index contributed by atoms with van der Waals surface area (Å²) in [5, 5.41) is 38.7. The second kappa shape index (κ2) is 59.3. The van der Waals surface area contributed by atoms with Crippen LogP contribution in [0.25, 0.3) is 11.0 Å². The fourth-order valence-electron chi connectivity index (χ4n) is 15.5. The number of hydrogen-bond acceptors (Lipinski definition) is 28. The van der Waals surface area contributed by atoms with Gasteiger partial charge in [-0.3, -0.25) is 62.3 Å². The molecular formula is C104H180N14O27. The Bertz CT molecular complexity index is 3940. The van der Waals surface area contributed by atoms with Crippen molar-refractivity contribution in [2.45, 2.75) is 362 Å². The van der Waals surface area contributed by atoms with Crippen molar-refractivity contribution < 1.29 is 124 Å². The Labute approximate surface area is 859 Å². The fourth-order valence-corrected chi connectivity index (χ4v) is 15.5. The summed E-state index contributed by atoms with van der Waals surface area (Å²) < 4.78 is 81.9. The quantitative estimate of drug-likeness (QED) is 0.0244. The summed E-state index contributed by atoms with van der Waals surface area (Å²) in [5.41, 5.74) is -10.0. The van der Waals surface area contributed by atoms with Crippen LogP contribution in [-0.2, 0) is 127 Å². The van der Waals surface area contributed by atoms with E-state index in [0.717, 1.165) is 48.8 Å². The highest BCUT2D eigenvalue weighted by Crippen LogP contribution is 2.41. The topological polar surface area (TPSA) is 523 Å². The third-order valence-corrected chi connectivity index (χ3v) is 20.9. The molecule has 0 fully saturated rings. The monoisotopic (exact) mass is 2060 g/mol. The number of amides is 13. The first kappa shape index (κ1) is 128. The van der Waals surface area contributed by atoms with Crippen molar-refractivity contribution in [1.82, 2.24) is 69.1 Å². The largest absolute Gasteiger partial charge is 0.422 e. The molecule has 2 aromatic rings. The Morgan fingerprint density at radius 2 is 0.434 bits per heavy atom. The van der Waals surface area contributed by atoms with Gasteiger partial charge in [0.2, 0.25) is 70.9 Å². The molecule has 4 rings (SSSR count). The molecule has 145 heavy (non-hydrogen) atoms. The van der Waals surface area contributed by atoms with E-state index in [-0.39, 0.29) is 241 Å². The lowest BCUT2D eigenvalue weighted by Crippen LogP contribution is -2.60. The molecule has 0 saturated heterocycles. The maximum atomic E-state index is 16.1. The highest BCUT2D eigenvalue weighted by Gasteiger charge is 2.42. The van der Waals surface area contributed by atoms with Crippen LogP contribution in [0.5, 0.6) is 0 Å². The Hall–Kier alpha value is -9.14. The number of rotatable bonds is 65. The third-order valence-electron chi connectivity index (χ3n) is 20.9. The highest BCUT2D eigenvalue weighted by molar-refractivity contribution is 6.08. The molecule has 828 valence electrons. The van der Waals surface area contributed by atoms with Gasteiger partial charge in [-0.15, -0.1) is 0 Å². The normalized spacial score (nSPS) is 13.6. The Morgan fingerprint density at radius 3 is 0.628 bits per heavy atom. The van der Waals surface area contributed by atoms with Crippen molar-refractivity contribution in [3.8, 4) is 0 Å². The zero-order chi connectivity index (χ0) is 109. The van der Waals surface area contributed by atoms with Gasteiger partial charge in [-0.2, -0.15) is 0 Å². The Balaban J connectivity index is 2.00. The minimum atomic E-state index is -1.96. The molecule has 0 saturated carbocycles. The van der Waals surface area contributed by atoms with Crippen molar-refractivity contribution in [3.63, 3.8) is 0 Å². The minimum Gasteiger partial charge on any atom is -0.422 e. The van der Waals surface area contributed by atoms with E-state index in [9.17, 15) is 47.9 Å². The van der Waals surface area contributed by atoms with Crippen LogP contribution in [0.1, 0.15) is 298 Å². The molecule has 1 aromatic carbocycles. The van der Waals surface area contributed by atoms with Gasteiger partial charge in [-0.25, -0.2) is 4.79 Å². The van der Waals surface area contributed by atoms with Gasteiger partial charge in [0, 0.05) is 163 Å². The average molecular weight is 2060 g/mol. The first-order chi connectivity index (χ1) is 67.0. The second-order valence-corrected chi connectivity index (χ2v) is 47.4. The molecule has 0 aliphatic carbocycles. The number of nitrogens with one attached hydrogen (secondary N) is 13. The average Bonchev–Trinajstić information content (AvgIpc) is 0.737. The first-order valence-electron chi connectivity index (χ1n) is 50.9. The van der Waals surface area contributed by atoms with E-state index < -0.39 is 160 Å². The summed E-state index contributed by atoms with van der Waals surface area (Å²) in [6.07, 6.45) is 0.572. The van der Waals surface area contributed by atoms with Gasteiger partial charge in [0.25, 0.3) is 5.91 Å². The lowest BCUT2D eigenvalue weighted by Gasteiger charge is -2.37. The molecule has 13 amide bonds. The summed E-state index contributed by atoms with van der Waals surface area (Å²) in [4.78, 5) is 196. The number of aryl methyl sites for hydroxylation is 2. The van der Waals surface area contributed by atoms with Gasteiger partial charge in [-0.05, 0) is 224 Å². The fraction of sp³-hybridized carbons (Fsp3) is 0.788. The van der Waals surface area contributed by atoms with Crippen LogP contribution in [0.15, 0.2) is 21.3 Å². The summed E-state index contributed by atoms with van der Waals surface area (Å²) in [6.45, 7) is 43.7. The zero-order valence-electron chi connectivity index (χ0n) is 92.3. The lowest BCUT2D eigenvalue weighted by atomic mass is 9.89. The summed E-state index contributed by atoms with van der Waals surface area (Å²) in [5.74, 6) is -5.74. The smallest absolute Gasteiger partial charge is 0.337 e. The summed E-state index contributed by atoms with van der Waals surface area (Å²) in [6, 6.07) is 2.93. The van der Waals surface area contributed by atoms with Crippen LogP contribution in [-0.4, -0.2) is 320 Å². The molecule has 1 aromatic heterocycles. The van der Waals surface area contributed by atoms with Gasteiger partial charge < -0.3 is 135 Å². The standard InChI is InChI=1S/C104H180N14O27/c1-92(2,3)105-76(119)32-46-133-60-101(61-134-47-33-77(120)106-93(4,5)6,62-135-48-34-78(121)107-94(7,8)9)114-85(128)41-55-142-69-104(117-91(132)75-59-88(131)145-90-73-31-29-45-118-44-28-30-72(89(73)118)58-74(75)90,70-143-56-42-86(129)115-102(63-136-49-35-79(122)108-95(10,11)12,64-137-50-36-80(123)109-96(13,14)15)65-138-51-37-81(124)110-97(16,17)18)71-144-57-43-87(130)116-103(66-139-52-38-82(125)111-98(19,20)21,67-140-53-39-83(126)112-99(22,23)24)68-141-54-40-84(127)113-100(25,26)27/h58-59H,28-57,60-71H2,1-27H3,(H,105,119)(H,106,120)(H,107,121)(H,108,122)(H,109,123)(H,110,124)(H,111,125)(H,112,126)(H,113,127)(H,114,128)(H,115,129)(H,116,130)(H,117,132). The summed E-state index contributed by atoms with van der Waals surface area (Å²) >= 11 is 0. The van der Waals surface area contributed by atoms with Gasteiger partial charge in [-0.1, -0.05) is 0 Å². The molecule has 2 aliphatic rings. The van der Waals surface area contributed by atoms with Gasteiger partial charge in [0.1, 0.15) is 27.7 Å². The third kappa shape index (κ3) is 57.3. The number of anilines is 1. The number of hydrogen-bond donors (Lipinski definition) is 13. The van der Waals surface area contributed by atoms with Gasteiger partial charge in [0.05, 0.1) is 164 Å². The number of nitrogens with zero attached hydrogens (tertiary/aromatic N) is 1. The molecule has 0 bridgehead atoms. The van der Waals surface area contributed by atoms with Crippen LogP contribution < -0.4 is 79.6 Å². The Morgan fingerprint density at radius 1 is 0.255 bits per heavy atom. The molecule has 41 heteroatoms. The lowest BCUT2D eigenvalue weighted by molar-refractivity contribution is -0.133.